The lowest BCUT2D eigenvalue weighted by atomic mass is 10.2. The molecular weight excluding hydrogens is 272 g/mol. The Bertz CT molecular complexity index is 442. The third-order valence-electron chi connectivity index (χ3n) is 3.38. The Balaban J connectivity index is 1.88. The van der Waals surface area contributed by atoms with Gasteiger partial charge in [0.25, 0.3) is 0 Å². The second kappa shape index (κ2) is 7.92. The Hall–Kier alpha value is -1.70. The zero-order valence-corrected chi connectivity index (χ0v) is 12.2. The fourth-order valence-electron chi connectivity index (χ4n) is 2.12. The largest absolute Gasteiger partial charge is 0.380 e. The summed E-state index contributed by atoms with van der Waals surface area (Å²) in [5.74, 6) is 0.765. The van der Waals surface area contributed by atoms with Gasteiger partial charge >= 0.3 is 0 Å². The molecule has 2 heterocycles. The number of morpholine rings is 1. The molecule has 0 bridgehead atoms. The maximum absolute atomic E-state index is 11.8. The molecule has 1 unspecified atom stereocenters. The number of hydrogen-bond acceptors (Lipinski definition) is 6. The van der Waals surface area contributed by atoms with Crippen molar-refractivity contribution in [2.75, 3.05) is 50.2 Å². The number of anilines is 2. The van der Waals surface area contributed by atoms with Crippen LogP contribution in [0.3, 0.4) is 0 Å². The molecule has 1 aromatic heterocycles. The van der Waals surface area contributed by atoms with Crippen molar-refractivity contribution in [3.05, 3.63) is 18.3 Å². The number of methoxy groups -OCH3 is 1. The summed E-state index contributed by atoms with van der Waals surface area (Å²) in [7, 11) is 1.55. The van der Waals surface area contributed by atoms with Gasteiger partial charge < -0.3 is 25.4 Å². The molecule has 1 saturated heterocycles. The highest BCUT2D eigenvalue weighted by Gasteiger charge is 2.14. The van der Waals surface area contributed by atoms with Crippen molar-refractivity contribution in [3.63, 3.8) is 0 Å². The summed E-state index contributed by atoms with van der Waals surface area (Å²) < 4.78 is 10.4. The SMILES string of the molecule is COC(CN)CC(=O)Nc1ccc(N2CCOCC2)nc1. The monoisotopic (exact) mass is 294 g/mol. The highest BCUT2D eigenvalue weighted by Crippen LogP contribution is 2.15. The topological polar surface area (TPSA) is 89.7 Å². The Labute approximate surface area is 124 Å². The molecule has 7 heteroatoms. The molecule has 1 aliphatic rings. The van der Waals surface area contributed by atoms with E-state index in [1.54, 1.807) is 13.3 Å². The van der Waals surface area contributed by atoms with Crippen LogP contribution < -0.4 is 16.0 Å². The van der Waals surface area contributed by atoms with Gasteiger partial charge in [-0.15, -0.1) is 0 Å². The number of ether oxygens (including phenoxy) is 2. The molecule has 2 rings (SSSR count). The fraction of sp³-hybridized carbons (Fsp3) is 0.571. The first-order valence-electron chi connectivity index (χ1n) is 7.04. The zero-order valence-electron chi connectivity index (χ0n) is 12.2. The summed E-state index contributed by atoms with van der Waals surface area (Å²) in [4.78, 5) is 18.4. The van der Waals surface area contributed by atoms with E-state index in [9.17, 15) is 4.79 Å². The number of nitrogens with two attached hydrogens (primary N) is 1. The predicted octanol–water partition coefficient (Wildman–Crippen LogP) is 0.221. The van der Waals surface area contributed by atoms with Crippen molar-refractivity contribution in [2.45, 2.75) is 12.5 Å². The maximum Gasteiger partial charge on any atom is 0.227 e. The third-order valence-corrected chi connectivity index (χ3v) is 3.38. The van der Waals surface area contributed by atoms with Gasteiger partial charge in [-0.1, -0.05) is 0 Å². The molecule has 0 spiro atoms. The molecule has 1 amide bonds. The van der Waals surface area contributed by atoms with Crippen molar-refractivity contribution in [1.82, 2.24) is 4.98 Å². The maximum atomic E-state index is 11.8. The van der Waals surface area contributed by atoms with Crippen LogP contribution in [0.25, 0.3) is 0 Å². The molecule has 116 valence electrons. The van der Waals surface area contributed by atoms with Crippen LogP contribution in [0, 0.1) is 0 Å². The number of nitrogens with one attached hydrogen (secondary N) is 1. The molecular formula is C14H22N4O3. The van der Waals surface area contributed by atoms with E-state index in [4.69, 9.17) is 15.2 Å². The average Bonchev–Trinajstić information content (AvgIpc) is 2.54. The summed E-state index contributed by atoms with van der Waals surface area (Å²) in [5.41, 5.74) is 6.16. The van der Waals surface area contributed by atoms with Gasteiger partial charge in [0.05, 0.1) is 37.6 Å². The Kier molecular flexibility index (Phi) is 5.91. The second-order valence-electron chi connectivity index (χ2n) is 4.85. The van der Waals surface area contributed by atoms with Crippen molar-refractivity contribution in [3.8, 4) is 0 Å². The standard InChI is InChI=1S/C14H22N4O3/c1-20-12(9-15)8-14(19)17-11-2-3-13(16-10-11)18-4-6-21-7-5-18/h2-3,10,12H,4-9,15H2,1H3,(H,17,19). The van der Waals surface area contributed by atoms with E-state index in [2.05, 4.69) is 15.2 Å². The smallest absolute Gasteiger partial charge is 0.227 e. The van der Waals surface area contributed by atoms with E-state index < -0.39 is 0 Å². The van der Waals surface area contributed by atoms with Crippen molar-refractivity contribution in [2.24, 2.45) is 5.73 Å². The van der Waals surface area contributed by atoms with Crippen molar-refractivity contribution < 1.29 is 14.3 Å². The Morgan fingerprint density at radius 3 is 2.86 bits per heavy atom. The lowest BCUT2D eigenvalue weighted by Crippen LogP contribution is -2.36. The predicted molar refractivity (Wildman–Crippen MR) is 80.4 cm³/mol. The molecule has 1 aliphatic heterocycles. The number of amides is 1. The minimum Gasteiger partial charge on any atom is -0.380 e. The third kappa shape index (κ3) is 4.66. The molecule has 1 aromatic rings. The number of aromatic nitrogens is 1. The number of carbonyl (C=O) groups excluding carboxylic acids is 1. The second-order valence-corrected chi connectivity index (χ2v) is 4.85. The van der Waals surface area contributed by atoms with Crippen LogP contribution in [0.2, 0.25) is 0 Å². The summed E-state index contributed by atoms with van der Waals surface area (Å²) in [6, 6.07) is 3.75. The summed E-state index contributed by atoms with van der Waals surface area (Å²) in [5, 5.41) is 2.79. The summed E-state index contributed by atoms with van der Waals surface area (Å²) in [6.45, 7) is 3.43. The highest BCUT2D eigenvalue weighted by atomic mass is 16.5. The van der Waals surface area contributed by atoms with E-state index in [-0.39, 0.29) is 18.4 Å². The number of nitrogens with zero attached hydrogens (tertiary/aromatic N) is 2. The van der Waals surface area contributed by atoms with Gasteiger partial charge in [-0.3, -0.25) is 4.79 Å². The van der Waals surface area contributed by atoms with Crippen LogP contribution in [0.1, 0.15) is 6.42 Å². The molecule has 21 heavy (non-hydrogen) atoms. The van der Waals surface area contributed by atoms with Gasteiger partial charge in [-0.05, 0) is 12.1 Å². The minimum absolute atomic E-state index is 0.131. The van der Waals surface area contributed by atoms with Gasteiger partial charge in [0.2, 0.25) is 5.91 Å². The van der Waals surface area contributed by atoms with Gasteiger partial charge in [0.1, 0.15) is 5.82 Å². The van der Waals surface area contributed by atoms with Gasteiger partial charge in [0, 0.05) is 26.7 Å². The van der Waals surface area contributed by atoms with E-state index in [1.165, 1.54) is 0 Å². The van der Waals surface area contributed by atoms with Crippen LogP contribution in [0.15, 0.2) is 18.3 Å². The van der Waals surface area contributed by atoms with Crippen molar-refractivity contribution in [1.29, 1.82) is 0 Å². The number of carbonyl (C=O) groups is 1. The van der Waals surface area contributed by atoms with Crippen LogP contribution in [-0.4, -0.2) is 57.0 Å². The van der Waals surface area contributed by atoms with Crippen LogP contribution in [-0.2, 0) is 14.3 Å². The first-order chi connectivity index (χ1) is 10.2. The van der Waals surface area contributed by atoms with E-state index >= 15 is 0 Å². The molecule has 0 aliphatic carbocycles. The van der Waals surface area contributed by atoms with Gasteiger partial charge in [-0.25, -0.2) is 4.98 Å². The van der Waals surface area contributed by atoms with Gasteiger partial charge in [-0.2, -0.15) is 0 Å². The Morgan fingerprint density at radius 1 is 1.52 bits per heavy atom. The molecule has 7 nitrogen and oxygen atoms in total. The molecule has 0 aromatic carbocycles. The molecule has 1 fully saturated rings. The van der Waals surface area contributed by atoms with Crippen LogP contribution in [0.4, 0.5) is 11.5 Å². The molecule has 1 atom stereocenters. The lowest BCUT2D eigenvalue weighted by Gasteiger charge is -2.27. The first kappa shape index (κ1) is 15.7. The number of hydrogen-bond donors (Lipinski definition) is 2. The minimum atomic E-state index is -0.259. The molecule has 0 saturated carbocycles. The van der Waals surface area contributed by atoms with Crippen molar-refractivity contribution >= 4 is 17.4 Å². The normalized spacial score (nSPS) is 16.6. The quantitative estimate of drug-likeness (QED) is 0.780. The first-order valence-corrected chi connectivity index (χ1v) is 7.04. The average molecular weight is 294 g/mol. The van der Waals surface area contributed by atoms with Crippen LogP contribution >= 0.6 is 0 Å². The molecule has 0 radical (unpaired) electrons. The highest BCUT2D eigenvalue weighted by molar-refractivity contribution is 5.90. The van der Waals surface area contributed by atoms with Crippen LogP contribution in [0.5, 0.6) is 0 Å². The van der Waals surface area contributed by atoms with E-state index in [0.717, 1.165) is 32.1 Å². The summed E-state index contributed by atoms with van der Waals surface area (Å²) >= 11 is 0. The Morgan fingerprint density at radius 2 is 2.29 bits per heavy atom. The van der Waals surface area contributed by atoms with Gasteiger partial charge in [0.15, 0.2) is 0 Å². The van der Waals surface area contributed by atoms with E-state index in [0.29, 0.717) is 12.2 Å². The summed E-state index contributed by atoms with van der Waals surface area (Å²) in [6.07, 6.45) is 1.64. The fourth-order valence-corrected chi connectivity index (χ4v) is 2.12. The van der Waals surface area contributed by atoms with E-state index in [1.807, 2.05) is 12.1 Å². The number of pyridine rings is 1. The molecule has 3 N–H and O–H groups in total. The number of rotatable bonds is 6. The zero-order chi connectivity index (χ0) is 15.1. The lowest BCUT2D eigenvalue weighted by molar-refractivity contribution is -0.118.